The highest BCUT2D eigenvalue weighted by Crippen LogP contribution is 2.54. The van der Waals surface area contributed by atoms with Gasteiger partial charge in [-0.05, 0) is 81.3 Å². The first kappa shape index (κ1) is 24.5. The summed E-state index contributed by atoms with van der Waals surface area (Å²) in [6.07, 6.45) is 2.80. The third kappa shape index (κ3) is 4.28. The summed E-state index contributed by atoms with van der Waals surface area (Å²) in [5.41, 5.74) is 2.74. The van der Waals surface area contributed by atoms with Crippen molar-refractivity contribution in [3.63, 3.8) is 0 Å². The fraction of sp³-hybridized carbons (Fsp3) is 0.571. The summed E-state index contributed by atoms with van der Waals surface area (Å²) in [7, 11) is 0. The topological polar surface area (TPSA) is 71.8 Å². The molecule has 2 aliphatic rings. The number of piperidine rings is 1. The van der Waals surface area contributed by atoms with E-state index >= 15 is 0 Å². The fourth-order valence-corrected chi connectivity index (χ4v) is 5.82. The molecule has 1 N–H and O–H groups in total. The van der Waals surface area contributed by atoms with Crippen LogP contribution in [0.4, 0.5) is 0 Å². The van der Waals surface area contributed by atoms with Gasteiger partial charge in [0.25, 0.3) is 5.91 Å². The van der Waals surface area contributed by atoms with E-state index in [1.165, 1.54) is 5.69 Å². The van der Waals surface area contributed by atoms with Crippen LogP contribution in [0.15, 0.2) is 30.3 Å². The number of likely N-dealkylation sites (tertiary alicyclic amines) is 1. The molecular weight excluding hydrogens is 428 g/mol. The van der Waals surface area contributed by atoms with Gasteiger partial charge in [0.2, 0.25) is 0 Å². The van der Waals surface area contributed by atoms with Crippen molar-refractivity contribution in [2.75, 3.05) is 19.7 Å². The van der Waals surface area contributed by atoms with E-state index in [0.717, 1.165) is 37.1 Å². The number of Topliss-reactive ketones (excluding diaryl/α,β-unsaturated/α-hetero) is 1. The maximum atomic E-state index is 13.3. The number of rotatable bonds is 5. The zero-order valence-corrected chi connectivity index (χ0v) is 21.4. The van der Waals surface area contributed by atoms with Crippen molar-refractivity contribution < 1.29 is 19.4 Å². The number of aliphatic hydroxyl groups is 1. The monoisotopic (exact) mass is 466 g/mol. The summed E-state index contributed by atoms with van der Waals surface area (Å²) >= 11 is 0. The predicted octanol–water partition coefficient (Wildman–Crippen LogP) is 4.75. The molecule has 1 saturated heterocycles. The van der Waals surface area contributed by atoms with Gasteiger partial charge < -0.3 is 19.3 Å². The average Bonchev–Trinajstić information content (AvgIpc) is 3.20. The third-order valence-electron chi connectivity index (χ3n) is 7.99. The minimum Gasteiger partial charge on any atom is -0.490 e. The van der Waals surface area contributed by atoms with Crippen molar-refractivity contribution in [3.8, 4) is 5.75 Å². The lowest BCUT2D eigenvalue weighted by Gasteiger charge is -2.54. The first-order valence-corrected chi connectivity index (χ1v) is 12.3. The molecule has 3 heterocycles. The lowest BCUT2D eigenvalue weighted by Crippen LogP contribution is -2.55. The van der Waals surface area contributed by atoms with Gasteiger partial charge in [-0.2, -0.15) is 0 Å². The Morgan fingerprint density at radius 3 is 2.32 bits per heavy atom. The molecule has 1 spiro atoms. The number of amides is 1. The highest BCUT2D eigenvalue weighted by molar-refractivity contribution is 5.95. The number of ether oxygens (including phenoxy) is 1. The zero-order valence-electron chi connectivity index (χ0n) is 21.4. The van der Waals surface area contributed by atoms with Gasteiger partial charge in [0, 0.05) is 43.2 Å². The van der Waals surface area contributed by atoms with E-state index in [4.69, 9.17) is 4.74 Å². The molecule has 0 unspecified atom stereocenters. The molecule has 2 aromatic rings. The van der Waals surface area contributed by atoms with Crippen LogP contribution in [-0.4, -0.2) is 51.6 Å². The van der Waals surface area contributed by atoms with Gasteiger partial charge in [-0.15, -0.1) is 0 Å². The highest BCUT2D eigenvalue weighted by Gasteiger charge is 2.52. The van der Waals surface area contributed by atoms with Crippen molar-refractivity contribution in [2.45, 2.75) is 78.4 Å². The number of hydrogen-bond acceptors (Lipinski definition) is 4. The van der Waals surface area contributed by atoms with Gasteiger partial charge in [-0.1, -0.05) is 13.8 Å². The maximum Gasteiger partial charge on any atom is 0.253 e. The van der Waals surface area contributed by atoms with E-state index in [1.54, 1.807) is 20.8 Å². The van der Waals surface area contributed by atoms with Gasteiger partial charge in [0.05, 0.1) is 11.3 Å². The Bertz CT molecular complexity index is 1100. The molecule has 2 aliphatic heterocycles. The van der Waals surface area contributed by atoms with E-state index in [9.17, 15) is 14.7 Å². The van der Waals surface area contributed by atoms with Crippen molar-refractivity contribution in [2.24, 2.45) is 5.41 Å². The molecule has 6 nitrogen and oxygen atoms in total. The van der Waals surface area contributed by atoms with Crippen LogP contribution >= 0.6 is 0 Å². The number of nitrogens with zero attached hydrogens (tertiary/aromatic N) is 2. The minimum absolute atomic E-state index is 0.0412. The molecule has 4 rings (SSSR count). The average molecular weight is 467 g/mol. The van der Waals surface area contributed by atoms with E-state index in [2.05, 4.69) is 24.5 Å². The number of hydrogen-bond donors (Lipinski definition) is 1. The molecule has 0 atom stereocenters. The first-order chi connectivity index (χ1) is 15.8. The second kappa shape index (κ2) is 8.56. The summed E-state index contributed by atoms with van der Waals surface area (Å²) in [4.78, 5) is 27.5. The third-order valence-corrected chi connectivity index (χ3v) is 7.99. The van der Waals surface area contributed by atoms with Crippen molar-refractivity contribution >= 4 is 11.7 Å². The van der Waals surface area contributed by atoms with Crippen molar-refractivity contribution in [1.29, 1.82) is 0 Å². The van der Waals surface area contributed by atoms with Gasteiger partial charge in [0.1, 0.15) is 12.4 Å². The molecule has 0 bridgehead atoms. The Morgan fingerprint density at radius 2 is 1.74 bits per heavy atom. The fourth-order valence-electron chi connectivity index (χ4n) is 5.82. The highest BCUT2D eigenvalue weighted by atomic mass is 16.5. The summed E-state index contributed by atoms with van der Waals surface area (Å²) < 4.78 is 7.95. The maximum absolute atomic E-state index is 13.3. The number of benzene rings is 1. The van der Waals surface area contributed by atoms with Gasteiger partial charge in [0.15, 0.2) is 5.78 Å². The van der Waals surface area contributed by atoms with Crippen LogP contribution in [0.5, 0.6) is 5.75 Å². The quantitative estimate of drug-likeness (QED) is 0.646. The number of fused-ring (bicyclic) bond motifs is 2. The van der Waals surface area contributed by atoms with E-state index in [-0.39, 0.29) is 29.1 Å². The first-order valence-electron chi connectivity index (χ1n) is 12.3. The van der Waals surface area contributed by atoms with E-state index in [0.29, 0.717) is 24.4 Å². The van der Waals surface area contributed by atoms with Crippen LogP contribution < -0.4 is 4.74 Å². The molecule has 1 aromatic carbocycles. The number of aryl methyl sites for hydroxylation is 1. The molecule has 1 amide bonds. The number of carbonyl (C=O) groups is 2. The van der Waals surface area contributed by atoms with Crippen molar-refractivity contribution in [3.05, 3.63) is 52.8 Å². The van der Waals surface area contributed by atoms with Crippen LogP contribution in [0.25, 0.3) is 0 Å². The Morgan fingerprint density at radius 1 is 1.06 bits per heavy atom. The molecular formula is C28H38N2O4. The van der Waals surface area contributed by atoms with Crippen LogP contribution in [-0.2, 0) is 12.0 Å². The second-order valence-electron chi connectivity index (χ2n) is 11.4. The van der Waals surface area contributed by atoms with Crippen LogP contribution in [0.2, 0.25) is 0 Å². The van der Waals surface area contributed by atoms with E-state index in [1.807, 2.05) is 36.1 Å². The van der Waals surface area contributed by atoms with Gasteiger partial charge >= 0.3 is 0 Å². The Kier molecular flexibility index (Phi) is 6.17. The molecule has 6 heteroatoms. The molecule has 0 radical (unpaired) electrons. The van der Waals surface area contributed by atoms with Gasteiger partial charge in [-0.3, -0.25) is 9.59 Å². The number of carbonyl (C=O) groups excluding carboxylic acids is 2. The lowest BCUT2D eigenvalue weighted by molar-refractivity contribution is 0.0269. The SMILES string of the molecule is CC(=O)c1ccc2n1CCC(C)(C)C21CCN(C(=O)c2ccc(OCC(C)(C)O)c(C)c2)CC1. The molecule has 0 aliphatic carbocycles. The molecule has 184 valence electrons. The molecule has 1 fully saturated rings. The summed E-state index contributed by atoms with van der Waals surface area (Å²) in [5, 5.41) is 9.91. The number of ketones is 1. The predicted molar refractivity (Wildman–Crippen MR) is 133 cm³/mol. The second-order valence-corrected chi connectivity index (χ2v) is 11.4. The summed E-state index contributed by atoms with van der Waals surface area (Å²) in [6, 6.07) is 9.63. The zero-order chi connectivity index (χ0) is 24.9. The lowest BCUT2D eigenvalue weighted by atomic mass is 9.56. The molecule has 1 aromatic heterocycles. The number of aromatic nitrogens is 1. The normalized spacial score (nSPS) is 19.1. The van der Waals surface area contributed by atoms with E-state index < -0.39 is 5.60 Å². The smallest absolute Gasteiger partial charge is 0.253 e. The Balaban J connectivity index is 1.51. The van der Waals surface area contributed by atoms with Gasteiger partial charge in [-0.25, -0.2) is 0 Å². The summed E-state index contributed by atoms with van der Waals surface area (Å²) in [5.74, 6) is 0.835. The minimum atomic E-state index is -0.914. The largest absolute Gasteiger partial charge is 0.490 e. The molecule has 0 saturated carbocycles. The van der Waals surface area contributed by atoms with Crippen molar-refractivity contribution in [1.82, 2.24) is 9.47 Å². The Labute approximate surface area is 202 Å². The molecule has 34 heavy (non-hydrogen) atoms. The van der Waals surface area contributed by atoms with Crippen LogP contribution in [0.3, 0.4) is 0 Å². The van der Waals surface area contributed by atoms with Crippen LogP contribution in [0.1, 0.15) is 86.0 Å². The van der Waals surface area contributed by atoms with Crippen LogP contribution in [0, 0.1) is 12.3 Å². The Hall–Kier alpha value is -2.60. The standard InChI is InChI=1S/C28H38N2O4/c1-19-17-21(7-9-23(19)34-18-27(5,6)33)25(32)29-14-12-28(13-15-29)24-10-8-22(20(2)31)30(24)16-11-26(28,3)4/h7-10,17,33H,11-16,18H2,1-6H3. The summed E-state index contributed by atoms with van der Waals surface area (Å²) in [6.45, 7) is 14.1.